The molecule has 18 heavy (non-hydrogen) atoms. The van der Waals surface area contributed by atoms with Gasteiger partial charge in [0, 0.05) is 16.6 Å². The van der Waals surface area contributed by atoms with Crippen LogP contribution in [-0.4, -0.2) is 7.11 Å². The zero-order valence-electron chi connectivity index (χ0n) is 11.7. The number of methoxy groups -OCH3 is 1. The Labute approximate surface area is 115 Å². The Morgan fingerprint density at radius 2 is 1.89 bits per heavy atom. The van der Waals surface area contributed by atoms with Gasteiger partial charge in [-0.1, -0.05) is 38.4 Å². The highest BCUT2D eigenvalue weighted by atomic mass is 35.5. The van der Waals surface area contributed by atoms with Gasteiger partial charge in [0.15, 0.2) is 0 Å². The van der Waals surface area contributed by atoms with Crippen molar-refractivity contribution in [1.29, 1.82) is 0 Å². The van der Waals surface area contributed by atoms with Gasteiger partial charge < -0.3 is 10.5 Å². The van der Waals surface area contributed by atoms with E-state index in [9.17, 15) is 0 Å². The first-order valence-electron chi connectivity index (χ1n) is 6.53. The number of ether oxygens (including phenoxy) is 1. The Hall–Kier alpha value is -0.730. The molecular weight excluding hydrogens is 246 g/mol. The van der Waals surface area contributed by atoms with Gasteiger partial charge in [0.2, 0.25) is 0 Å². The van der Waals surface area contributed by atoms with Crippen molar-refractivity contribution in [1.82, 2.24) is 0 Å². The summed E-state index contributed by atoms with van der Waals surface area (Å²) in [5, 5.41) is 0.679. The molecule has 0 aliphatic carbocycles. The van der Waals surface area contributed by atoms with Gasteiger partial charge in [-0.15, -0.1) is 0 Å². The Balaban J connectivity index is 2.74. The molecule has 2 unspecified atom stereocenters. The molecule has 1 rings (SSSR count). The van der Waals surface area contributed by atoms with E-state index in [0.29, 0.717) is 16.9 Å². The fraction of sp³-hybridized carbons (Fsp3) is 0.600. The number of hydrogen-bond acceptors (Lipinski definition) is 2. The molecule has 0 spiro atoms. The third-order valence-electron chi connectivity index (χ3n) is 3.13. The maximum absolute atomic E-state index is 6.28. The van der Waals surface area contributed by atoms with Crippen LogP contribution < -0.4 is 10.5 Å². The van der Waals surface area contributed by atoms with E-state index in [4.69, 9.17) is 22.1 Å². The Morgan fingerprint density at radius 3 is 2.44 bits per heavy atom. The van der Waals surface area contributed by atoms with Crippen LogP contribution in [-0.2, 0) is 0 Å². The van der Waals surface area contributed by atoms with Crippen LogP contribution in [0.2, 0.25) is 5.02 Å². The van der Waals surface area contributed by atoms with Crippen LogP contribution in [0.15, 0.2) is 18.2 Å². The second-order valence-corrected chi connectivity index (χ2v) is 5.90. The standard InChI is InChI=1S/C15H24ClNO/c1-10(2)7-11(3)8-14(17)13-6-5-12(16)9-15(13)18-4/h5-6,9-11,14H,7-8,17H2,1-4H3. The third kappa shape index (κ3) is 4.51. The highest BCUT2D eigenvalue weighted by Gasteiger charge is 2.16. The maximum Gasteiger partial charge on any atom is 0.125 e. The molecule has 0 heterocycles. The predicted octanol–water partition coefficient (Wildman–Crippen LogP) is 4.42. The highest BCUT2D eigenvalue weighted by molar-refractivity contribution is 6.30. The van der Waals surface area contributed by atoms with Crippen molar-refractivity contribution >= 4 is 11.6 Å². The lowest BCUT2D eigenvalue weighted by Gasteiger charge is -2.21. The van der Waals surface area contributed by atoms with Crippen LogP contribution in [0.3, 0.4) is 0 Å². The summed E-state index contributed by atoms with van der Waals surface area (Å²) < 4.78 is 5.35. The van der Waals surface area contributed by atoms with Gasteiger partial charge in [-0.25, -0.2) is 0 Å². The average molecular weight is 270 g/mol. The van der Waals surface area contributed by atoms with Gasteiger partial charge in [0.25, 0.3) is 0 Å². The molecule has 0 bridgehead atoms. The first-order valence-corrected chi connectivity index (χ1v) is 6.90. The predicted molar refractivity (Wildman–Crippen MR) is 78.2 cm³/mol. The molecule has 102 valence electrons. The highest BCUT2D eigenvalue weighted by Crippen LogP contribution is 2.31. The van der Waals surface area contributed by atoms with E-state index in [1.165, 1.54) is 6.42 Å². The lowest BCUT2D eigenvalue weighted by atomic mass is 9.90. The molecule has 0 aliphatic heterocycles. The number of rotatable bonds is 6. The van der Waals surface area contributed by atoms with E-state index in [-0.39, 0.29) is 6.04 Å². The van der Waals surface area contributed by atoms with Gasteiger partial charge >= 0.3 is 0 Å². The number of hydrogen-bond donors (Lipinski definition) is 1. The van der Waals surface area contributed by atoms with E-state index in [1.54, 1.807) is 7.11 Å². The maximum atomic E-state index is 6.28. The zero-order valence-corrected chi connectivity index (χ0v) is 12.5. The SMILES string of the molecule is COc1cc(Cl)ccc1C(N)CC(C)CC(C)C. The fourth-order valence-electron chi connectivity index (χ4n) is 2.45. The molecule has 0 amide bonds. The Kier molecular flexibility index (Phi) is 5.97. The van der Waals surface area contributed by atoms with Gasteiger partial charge in [0.05, 0.1) is 7.11 Å². The summed E-state index contributed by atoms with van der Waals surface area (Å²) in [4.78, 5) is 0. The third-order valence-corrected chi connectivity index (χ3v) is 3.36. The second-order valence-electron chi connectivity index (χ2n) is 5.46. The summed E-state index contributed by atoms with van der Waals surface area (Å²) >= 11 is 5.95. The van der Waals surface area contributed by atoms with Crippen molar-refractivity contribution in [2.24, 2.45) is 17.6 Å². The minimum atomic E-state index is 0.00552. The minimum Gasteiger partial charge on any atom is -0.496 e. The largest absolute Gasteiger partial charge is 0.496 e. The monoisotopic (exact) mass is 269 g/mol. The van der Waals surface area contributed by atoms with Crippen LogP contribution in [0.5, 0.6) is 5.75 Å². The molecule has 0 saturated carbocycles. The van der Waals surface area contributed by atoms with Crippen LogP contribution in [0.25, 0.3) is 0 Å². The summed E-state index contributed by atoms with van der Waals surface area (Å²) in [5.41, 5.74) is 7.31. The molecule has 3 heteroatoms. The molecule has 0 radical (unpaired) electrons. The number of benzene rings is 1. The molecule has 2 nitrogen and oxygen atoms in total. The van der Waals surface area contributed by atoms with Crippen molar-refractivity contribution < 1.29 is 4.74 Å². The number of halogens is 1. The minimum absolute atomic E-state index is 0.00552. The average Bonchev–Trinajstić information content (AvgIpc) is 2.27. The van der Waals surface area contributed by atoms with Gasteiger partial charge in [-0.05, 0) is 36.8 Å². The van der Waals surface area contributed by atoms with Gasteiger partial charge in [0.1, 0.15) is 5.75 Å². The normalized spacial score (nSPS) is 14.6. The Bertz CT molecular complexity index is 379. The van der Waals surface area contributed by atoms with Crippen molar-refractivity contribution in [2.45, 2.75) is 39.7 Å². The summed E-state index contributed by atoms with van der Waals surface area (Å²) in [5.74, 6) is 2.10. The van der Waals surface area contributed by atoms with Crippen molar-refractivity contribution in [3.8, 4) is 5.75 Å². The Morgan fingerprint density at radius 1 is 1.22 bits per heavy atom. The van der Waals surface area contributed by atoms with E-state index in [1.807, 2.05) is 18.2 Å². The van der Waals surface area contributed by atoms with Gasteiger partial charge in [-0.3, -0.25) is 0 Å². The summed E-state index contributed by atoms with van der Waals surface area (Å²) in [6.45, 7) is 6.73. The molecule has 1 aromatic carbocycles. The molecule has 0 aromatic heterocycles. The van der Waals surface area contributed by atoms with Crippen molar-refractivity contribution in [3.63, 3.8) is 0 Å². The quantitative estimate of drug-likeness (QED) is 0.830. The molecule has 2 atom stereocenters. The fourth-order valence-corrected chi connectivity index (χ4v) is 2.61. The van der Waals surface area contributed by atoms with Crippen molar-refractivity contribution in [3.05, 3.63) is 28.8 Å². The summed E-state index contributed by atoms with van der Waals surface area (Å²) in [7, 11) is 1.65. The molecule has 0 saturated heterocycles. The summed E-state index contributed by atoms with van der Waals surface area (Å²) in [6, 6.07) is 5.66. The van der Waals surface area contributed by atoms with E-state index < -0.39 is 0 Å². The van der Waals surface area contributed by atoms with Crippen LogP contribution in [0.1, 0.15) is 45.2 Å². The first kappa shape index (κ1) is 15.3. The number of nitrogens with two attached hydrogens (primary N) is 1. The van der Waals surface area contributed by atoms with Crippen LogP contribution in [0.4, 0.5) is 0 Å². The van der Waals surface area contributed by atoms with Crippen LogP contribution >= 0.6 is 11.6 Å². The molecular formula is C15H24ClNO. The summed E-state index contributed by atoms with van der Waals surface area (Å²) in [6.07, 6.45) is 2.17. The molecule has 1 aromatic rings. The lowest BCUT2D eigenvalue weighted by molar-refractivity contribution is 0.372. The van der Waals surface area contributed by atoms with E-state index in [2.05, 4.69) is 20.8 Å². The smallest absolute Gasteiger partial charge is 0.125 e. The lowest BCUT2D eigenvalue weighted by Crippen LogP contribution is -2.16. The molecule has 0 aliphatic rings. The van der Waals surface area contributed by atoms with E-state index >= 15 is 0 Å². The molecule has 0 fully saturated rings. The van der Waals surface area contributed by atoms with E-state index in [0.717, 1.165) is 17.7 Å². The molecule has 2 N–H and O–H groups in total. The van der Waals surface area contributed by atoms with Crippen molar-refractivity contribution in [2.75, 3.05) is 7.11 Å². The zero-order chi connectivity index (χ0) is 13.7. The first-order chi connectivity index (χ1) is 8.43. The topological polar surface area (TPSA) is 35.2 Å². The van der Waals surface area contributed by atoms with Gasteiger partial charge in [-0.2, -0.15) is 0 Å². The second kappa shape index (κ2) is 7.01. The van der Waals surface area contributed by atoms with Crippen LogP contribution in [0, 0.1) is 11.8 Å².